The Hall–Kier alpha value is -2.44. The number of aryl methyl sites for hydroxylation is 2. The lowest BCUT2D eigenvalue weighted by molar-refractivity contribution is 0.0745. The van der Waals surface area contributed by atoms with E-state index in [1.54, 1.807) is 12.1 Å². The van der Waals surface area contributed by atoms with Crippen LogP contribution in [0.5, 0.6) is 0 Å². The molecule has 3 aromatic heterocycles. The highest BCUT2D eigenvalue weighted by Gasteiger charge is 2.27. The first-order valence-corrected chi connectivity index (χ1v) is 10.1. The van der Waals surface area contributed by atoms with Crippen molar-refractivity contribution in [3.8, 4) is 11.4 Å². The van der Waals surface area contributed by atoms with Gasteiger partial charge in [0, 0.05) is 21.5 Å². The highest BCUT2D eigenvalue weighted by Crippen LogP contribution is 2.25. The Morgan fingerprint density at radius 1 is 1.29 bits per heavy atom. The molecule has 0 aliphatic rings. The Bertz CT molecular complexity index is 1090. The first-order valence-electron chi connectivity index (χ1n) is 8.93. The van der Waals surface area contributed by atoms with Gasteiger partial charge in [-0.05, 0) is 43.2 Å². The number of hydrogen-bond acceptors (Lipinski definition) is 4. The Morgan fingerprint density at radius 3 is 2.61 bits per heavy atom. The summed E-state index contributed by atoms with van der Waals surface area (Å²) in [6.45, 7) is 9.21. The molecule has 5 nitrogen and oxygen atoms in total. The summed E-state index contributed by atoms with van der Waals surface area (Å²) in [5.74, 6) is -0.0944. The second-order valence-electron chi connectivity index (χ2n) is 7.55. The van der Waals surface area contributed by atoms with Gasteiger partial charge in [-0.1, -0.05) is 45.0 Å². The fraction of sp³-hybridized carbons (Fsp3) is 0.286. The first-order chi connectivity index (χ1) is 13.2. The summed E-state index contributed by atoms with van der Waals surface area (Å²) < 4.78 is 2.21. The number of carbonyl (C=O) groups excluding carboxylic acids is 1. The summed E-state index contributed by atoms with van der Waals surface area (Å²) in [5, 5.41) is 4.51. The number of H-pyrrole nitrogens is 1. The standard InChI is InChI=1S/C21H22ClN3O2S/c1-5-13-6-10-16(23-19(13)26)17-12-14(7-8-15-9-11-18(22)28-15)25(24-17)20(27)21(2,3)4/h5-6,9-12H,1,7-8H2,2-4H3,(H,23,26). The average Bonchev–Trinajstić information content (AvgIpc) is 3.24. The molecule has 0 atom stereocenters. The van der Waals surface area contributed by atoms with Crippen LogP contribution in [0.4, 0.5) is 0 Å². The second kappa shape index (κ2) is 7.89. The Kier molecular flexibility index (Phi) is 5.72. The van der Waals surface area contributed by atoms with Crippen LogP contribution in [0.2, 0.25) is 4.34 Å². The summed E-state index contributed by atoms with van der Waals surface area (Å²) in [6.07, 6.45) is 2.90. The number of nitrogens with zero attached hydrogens (tertiary/aromatic N) is 2. The van der Waals surface area contributed by atoms with Crippen molar-refractivity contribution in [3.63, 3.8) is 0 Å². The molecule has 0 spiro atoms. The molecule has 0 aliphatic carbocycles. The third-order valence-corrected chi connectivity index (χ3v) is 5.60. The number of pyridine rings is 1. The van der Waals surface area contributed by atoms with Gasteiger partial charge in [0.2, 0.25) is 0 Å². The molecular formula is C21H22ClN3O2S. The van der Waals surface area contributed by atoms with E-state index in [4.69, 9.17) is 11.6 Å². The van der Waals surface area contributed by atoms with Crippen molar-refractivity contribution in [1.29, 1.82) is 0 Å². The molecule has 0 aliphatic heterocycles. The molecule has 3 heterocycles. The number of hydrogen-bond donors (Lipinski definition) is 1. The minimum atomic E-state index is -0.579. The molecule has 0 saturated heterocycles. The van der Waals surface area contributed by atoms with Gasteiger partial charge in [0.15, 0.2) is 0 Å². The van der Waals surface area contributed by atoms with Crippen LogP contribution in [0.25, 0.3) is 17.5 Å². The topological polar surface area (TPSA) is 67.8 Å². The van der Waals surface area contributed by atoms with E-state index in [0.29, 0.717) is 23.4 Å². The van der Waals surface area contributed by atoms with Crippen LogP contribution in [0.3, 0.4) is 0 Å². The molecule has 0 fully saturated rings. The first kappa shape index (κ1) is 20.3. The van der Waals surface area contributed by atoms with E-state index in [2.05, 4.69) is 16.7 Å². The smallest absolute Gasteiger partial charge is 0.255 e. The lowest BCUT2D eigenvalue weighted by Crippen LogP contribution is -2.29. The number of carbonyl (C=O) groups is 1. The van der Waals surface area contributed by atoms with Crippen molar-refractivity contribution >= 4 is 34.9 Å². The zero-order valence-electron chi connectivity index (χ0n) is 16.1. The number of thiophene rings is 1. The number of aromatic amines is 1. The summed E-state index contributed by atoms with van der Waals surface area (Å²) in [6, 6.07) is 9.19. The maximum Gasteiger partial charge on any atom is 0.255 e. The third-order valence-electron chi connectivity index (χ3n) is 4.31. The van der Waals surface area contributed by atoms with Crippen molar-refractivity contribution in [1.82, 2.24) is 14.8 Å². The van der Waals surface area contributed by atoms with Crippen LogP contribution >= 0.6 is 22.9 Å². The molecule has 146 valence electrons. The highest BCUT2D eigenvalue weighted by molar-refractivity contribution is 7.16. The van der Waals surface area contributed by atoms with Gasteiger partial charge in [-0.3, -0.25) is 9.59 Å². The van der Waals surface area contributed by atoms with E-state index in [9.17, 15) is 9.59 Å². The zero-order chi connectivity index (χ0) is 20.5. The predicted molar refractivity (Wildman–Crippen MR) is 115 cm³/mol. The molecule has 0 unspecified atom stereocenters. The molecule has 3 rings (SSSR count). The van der Waals surface area contributed by atoms with E-state index >= 15 is 0 Å². The van der Waals surface area contributed by atoms with E-state index in [0.717, 1.165) is 21.3 Å². The van der Waals surface area contributed by atoms with Crippen LogP contribution < -0.4 is 5.56 Å². The van der Waals surface area contributed by atoms with Gasteiger partial charge in [-0.25, -0.2) is 4.68 Å². The summed E-state index contributed by atoms with van der Waals surface area (Å²) >= 11 is 7.54. The van der Waals surface area contributed by atoms with Crippen molar-refractivity contribution < 1.29 is 4.79 Å². The van der Waals surface area contributed by atoms with Gasteiger partial charge in [-0.15, -0.1) is 11.3 Å². The van der Waals surface area contributed by atoms with Gasteiger partial charge >= 0.3 is 0 Å². The molecule has 0 amide bonds. The van der Waals surface area contributed by atoms with Crippen LogP contribution in [0.1, 0.15) is 41.7 Å². The van der Waals surface area contributed by atoms with Gasteiger partial charge < -0.3 is 4.98 Å². The predicted octanol–water partition coefficient (Wildman–Crippen LogP) is 5.07. The van der Waals surface area contributed by atoms with Crippen molar-refractivity contribution in [2.24, 2.45) is 5.41 Å². The minimum Gasteiger partial charge on any atom is -0.320 e. The van der Waals surface area contributed by atoms with Crippen LogP contribution in [0, 0.1) is 5.41 Å². The second-order valence-corrected chi connectivity index (χ2v) is 9.35. The molecule has 1 N–H and O–H groups in total. The Morgan fingerprint density at radius 2 is 2.04 bits per heavy atom. The minimum absolute atomic E-state index is 0.0944. The number of rotatable bonds is 5. The van der Waals surface area contributed by atoms with E-state index in [-0.39, 0.29) is 11.5 Å². The fourth-order valence-electron chi connectivity index (χ4n) is 2.76. The lowest BCUT2D eigenvalue weighted by Gasteiger charge is -2.17. The molecule has 7 heteroatoms. The van der Waals surface area contributed by atoms with Crippen LogP contribution in [0.15, 0.2) is 41.7 Å². The number of aromatic nitrogens is 3. The third kappa shape index (κ3) is 4.34. The zero-order valence-corrected chi connectivity index (χ0v) is 17.7. The van der Waals surface area contributed by atoms with Crippen molar-refractivity contribution in [3.05, 3.63) is 67.7 Å². The number of halogens is 1. The Labute approximate surface area is 172 Å². The van der Waals surface area contributed by atoms with Gasteiger partial charge in [0.25, 0.3) is 11.5 Å². The highest BCUT2D eigenvalue weighted by atomic mass is 35.5. The molecule has 3 aromatic rings. The molecule has 0 bridgehead atoms. The lowest BCUT2D eigenvalue weighted by atomic mass is 9.95. The fourth-order valence-corrected chi connectivity index (χ4v) is 3.84. The van der Waals surface area contributed by atoms with Crippen molar-refractivity contribution in [2.45, 2.75) is 33.6 Å². The van der Waals surface area contributed by atoms with E-state index in [1.165, 1.54) is 22.1 Å². The largest absolute Gasteiger partial charge is 0.320 e. The summed E-state index contributed by atoms with van der Waals surface area (Å²) in [4.78, 5) is 29.0. The Balaban J connectivity index is 1.99. The van der Waals surface area contributed by atoms with E-state index in [1.807, 2.05) is 39.0 Å². The van der Waals surface area contributed by atoms with Crippen LogP contribution in [-0.4, -0.2) is 20.7 Å². The SMILES string of the molecule is C=Cc1ccc(-c2cc(CCc3ccc(Cl)s3)n(C(=O)C(C)(C)C)n2)[nH]c1=O. The van der Waals surface area contributed by atoms with E-state index < -0.39 is 5.41 Å². The molecule has 28 heavy (non-hydrogen) atoms. The quantitative estimate of drug-likeness (QED) is 0.632. The maximum absolute atomic E-state index is 12.9. The normalized spacial score (nSPS) is 11.6. The van der Waals surface area contributed by atoms with Gasteiger partial charge in [-0.2, -0.15) is 5.10 Å². The molecule has 0 radical (unpaired) electrons. The van der Waals surface area contributed by atoms with Gasteiger partial charge in [0.05, 0.1) is 10.0 Å². The number of nitrogens with one attached hydrogen (secondary N) is 1. The van der Waals surface area contributed by atoms with Crippen molar-refractivity contribution in [2.75, 3.05) is 0 Å². The maximum atomic E-state index is 12.9. The van der Waals surface area contributed by atoms with Gasteiger partial charge in [0.1, 0.15) is 5.69 Å². The van der Waals surface area contributed by atoms with Crippen LogP contribution in [-0.2, 0) is 12.8 Å². The molecule has 0 aromatic carbocycles. The average molecular weight is 416 g/mol. The molecular weight excluding hydrogens is 394 g/mol. The monoisotopic (exact) mass is 415 g/mol. The summed E-state index contributed by atoms with van der Waals surface area (Å²) in [5.41, 5.74) is 1.60. The summed E-state index contributed by atoms with van der Waals surface area (Å²) in [7, 11) is 0. The molecule has 0 saturated carbocycles.